The maximum Gasteiger partial charge on any atom is 0.220 e. The second-order valence-corrected chi connectivity index (χ2v) is 5.20. The van der Waals surface area contributed by atoms with Crippen LogP contribution >= 0.6 is 0 Å². The van der Waals surface area contributed by atoms with E-state index in [0.717, 1.165) is 65.3 Å². The first-order chi connectivity index (χ1) is 8.84. The molecule has 2 rings (SSSR count). The molecule has 0 aromatic rings. The normalized spacial score (nSPS) is 22.9. The van der Waals surface area contributed by atoms with Crippen molar-refractivity contribution >= 4 is 5.91 Å². The fourth-order valence-electron chi connectivity index (χ4n) is 2.60. The number of rotatable bonds is 5. The van der Waals surface area contributed by atoms with Crippen molar-refractivity contribution in [1.29, 1.82) is 0 Å². The van der Waals surface area contributed by atoms with E-state index in [0.29, 0.717) is 12.3 Å². The van der Waals surface area contributed by atoms with Crippen LogP contribution in [0.2, 0.25) is 0 Å². The minimum atomic E-state index is 0.218. The molecule has 0 aromatic carbocycles. The second-order valence-electron chi connectivity index (χ2n) is 5.20. The summed E-state index contributed by atoms with van der Waals surface area (Å²) >= 11 is 0. The molecule has 0 radical (unpaired) electrons. The molecule has 1 amide bonds. The van der Waals surface area contributed by atoms with Gasteiger partial charge in [-0.25, -0.2) is 0 Å². The highest BCUT2D eigenvalue weighted by molar-refractivity contribution is 5.76. The monoisotopic (exact) mass is 255 g/mol. The van der Waals surface area contributed by atoms with Gasteiger partial charge in [-0.15, -0.1) is 0 Å². The molecule has 104 valence electrons. The van der Waals surface area contributed by atoms with Gasteiger partial charge in [0.25, 0.3) is 0 Å². The van der Waals surface area contributed by atoms with Crippen molar-refractivity contribution in [3.8, 4) is 0 Å². The summed E-state index contributed by atoms with van der Waals surface area (Å²) < 4.78 is 5.29. The van der Waals surface area contributed by atoms with E-state index in [2.05, 4.69) is 15.5 Å². The molecule has 2 aliphatic rings. The predicted octanol–water partition coefficient (Wildman–Crippen LogP) is -0.175. The molecule has 18 heavy (non-hydrogen) atoms. The van der Waals surface area contributed by atoms with Gasteiger partial charge in [-0.3, -0.25) is 9.69 Å². The zero-order valence-corrected chi connectivity index (χ0v) is 11.1. The van der Waals surface area contributed by atoms with Gasteiger partial charge in [-0.2, -0.15) is 0 Å². The quantitative estimate of drug-likeness (QED) is 0.716. The predicted molar refractivity (Wildman–Crippen MR) is 70.5 cm³/mol. The van der Waals surface area contributed by atoms with Crippen molar-refractivity contribution in [3.05, 3.63) is 0 Å². The van der Waals surface area contributed by atoms with Gasteiger partial charge >= 0.3 is 0 Å². The summed E-state index contributed by atoms with van der Waals surface area (Å²) in [4.78, 5) is 14.1. The maximum atomic E-state index is 11.8. The molecule has 5 heteroatoms. The highest BCUT2D eigenvalue weighted by Gasteiger charge is 2.16. The van der Waals surface area contributed by atoms with Gasteiger partial charge < -0.3 is 15.4 Å². The number of nitrogens with one attached hydrogen (secondary N) is 2. The number of carbonyl (C=O) groups is 1. The second kappa shape index (κ2) is 7.71. The van der Waals surface area contributed by atoms with E-state index in [1.165, 1.54) is 0 Å². The van der Waals surface area contributed by atoms with Gasteiger partial charge in [0.15, 0.2) is 0 Å². The molecule has 0 aromatic heterocycles. The van der Waals surface area contributed by atoms with Crippen LogP contribution in [0.3, 0.4) is 0 Å². The van der Waals surface area contributed by atoms with Gasteiger partial charge in [-0.05, 0) is 31.8 Å². The van der Waals surface area contributed by atoms with Gasteiger partial charge in [-0.1, -0.05) is 0 Å². The molecule has 5 nitrogen and oxygen atoms in total. The third kappa shape index (κ3) is 4.92. The maximum absolute atomic E-state index is 11.8. The molecular weight excluding hydrogens is 230 g/mol. The van der Waals surface area contributed by atoms with E-state index < -0.39 is 0 Å². The summed E-state index contributed by atoms with van der Waals surface area (Å²) in [6.07, 6.45) is 2.97. The highest BCUT2D eigenvalue weighted by atomic mass is 16.5. The van der Waals surface area contributed by atoms with E-state index >= 15 is 0 Å². The summed E-state index contributed by atoms with van der Waals surface area (Å²) in [5, 5.41) is 6.36. The number of carbonyl (C=O) groups excluding carboxylic acids is 1. The summed E-state index contributed by atoms with van der Waals surface area (Å²) in [6.45, 7) is 7.46. The van der Waals surface area contributed by atoms with Crippen LogP contribution in [0.1, 0.15) is 19.3 Å². The molecule has 2 N–H and O–H groups in total. The molecule has 0 spiro atoms. The number of piperidine rings is 1. The summed E-state index contributed by atoms with van der Waals surface area (Å²) in [5.74, 6) is 0.796. The van der Waals surface area contributed by atoms with E-state index in [1.54, 1.807) is 0 Å². The number of hydrogen-bond donors (Lipinski definition) is 2. The average Bonchev–Trinajstić information content (AvgIpc) is 2.41. The van der Waals surface area contributed by atoms with Crippen LogP contribution in [0.15, 0.2) is 0 Å². The first kappa shape index (κ1) is 13.8. The van der Waals surface area contributed by atoms with Crippen molar-refractivity contribution in [3.63, 3.8) is 0 Å². The zero-order chi connectivity index (χ0) is 12.6. The molecule has 2 fully saturated rings. The Bertz CT molecular complexity index is 249. The van der Waals surface area contributed by atoms with Gasteiger partial charge in [0.2, 0.25) is 5.91 Å². The standard InChI is InChI=1S/C13H25N3O2/c17-13(11-12-1-3-14-4-2-12)15-5-6-16-7-9-18-10-8-16/h12,14H,1-11H2,(H,15,17). The van der Waals surface area contributed by atoms with E-state index in [-0.39, 0.29) is 5.91 Å². The average molecular weight is 255 g/mol. The Labute approximate surface area is 109 Å². The largest absolute Gasteiger partial charge is 0.379 e. The Kier molecular flexibility index (Phi) is 5.90. The first-order valence-electron chi connectivity index (χ1n) is 7.12. The Morgan fingerprint density at radius 1 is 1.28 bits per heavy atom. The number of ether oxygens (including phenoxy) is 1. The van der Waals surface area contributed by atoms with E-state index in [9.17, 15) is 4.79 Å². The lowest BCUT2D eigenvalue weighted by molar-refractivity contribution is -0.122. The third-order valence-electron chi connectivity index (χ3n) is 3.79. The Hall–Kier alpha value is -0.650. The van der Waals surface area contributed by atoms with Crippen molar-refractivity contribution in [2.45, 2.75) is 19.3 Å². The minimum Gasteiger partial charge on any atom is -0.379 e. The Morgan fingerprint density at radius 2 is 2.00 bits per heavy atom. The Balaban J connectivity index is 1.53. The molecule has 2 heterocycles. The fraction of sp³-hybridized carbons (Fsp3) is 0.923. The van der Waals surface area contributed by atoms with Crippen LogP contribution in [-0.4, -0.2) is 63.3 Å². The van der Waals surface area contributed by atoms with Crippen molar-refractivity contribution in [2.75, 3.05) is 52.5 Å². The molecule has 0 aliphatic carbocycles. The highest BCUT2D eigenvalue weighted by Crippen LogP contribution is 2.15. The summed E-state index contributed by atoms with van der Waals surface area (Å²) in [5.41, 5.74) is 0. The molecular formula is C13H25N3O2. The number of amides is 1. The SMILES string of the molecule is O=C(CC1CCNCC1)NCCN1CCOCC1. The summed E-state index contributed by atoms with van der Waals surface area (Å²) in [6, 6.07) is 0. The lowest BCUT2D eigenvalue weighted by atomic mass is 9.94. The Morgan fingerprint density at radius 3 is 2.72 bits per heavy atom. The fourth-order valence-corrected chi connectivity index (χ4v) is 2.60. The number of nitrogens with zero attached hydrogens (tertiary/aromatic N) is 1. The van der Waals surface area contributed by atoms with E-state index in [1.807, 2.05) is 0 Å². The van der Waals surface area contributed by atoms with Crippen LogP contribution in [0.5, 0.6) is 0 Å². The van der Waals surface area contributed by atoms with Crippen molar-refractivity contribution in [2.24, 2.45) is 5.92 Å². The van der Waals surface area contributed by atoms with Crippen LogP contribution in [0.25, 0.3) is 0 Å². The van der Waals surface area contributed by atoms with Crippen LogP contribution in [0, 0.1) is 5.92 Å². The molecule has 0 atom stereocenters. The molecule has 2 aliphatic heterocycles. The van der Waals surface area contributed by atoms with Crippen LogP contribution in [0.4, 0.5) is 0 Å². The van der Waals surface area contributed by atoms with Crippen molar-refractivity contribution in [1.82, 2.24) is 15.5 Å². The topological polar surface area (TPSA) is 53.6 Å². The smallest absolute Gasteiger partial charge is 0.220 e. The van der Waals surface area contributed by atoms with Crippen LogP contribution in [-0.2, 0) is 9.53 Å². The first-order valence-corrected chi connectivity index (χ1v) is 7.12. The lowest BCUT2D eigenvalue weighted by Gasteiger charge is -2.26. The van der Waals surface area contributed by atoms with Gasteiger partial charge in [0.1, 0.15) is 0 Å². The molecule has 0 unspecified atom stereocenters. The number of hydrogen-bond acceptors (Lipinski definition) is 4. The minimum absolute atomic E-state index is 0.218. The van der Waals surface area contributed by atoms with Gasteiger partial charge in [0.05, 0.1) is 13.2 Å². The number of morpholine rings is 1. The molecule has 0 saturated carbocycles. The molecule has 2 saturated heterocycles. The van der Waals surface area contributed by atoms with Gasteiger partial charge in [0, 0.05) is 32.6 Å². The van der Waals surface area contributed by atoms with E-state index in [4.69, 9.17) is 4.74 Å². The summed E-state index contributed by atoms with van der Waals surface area (Å²) in [7, 11) is 0. The van der Waals surface area contributed by atoms with Crippen LogP contribution < -0.4 is 10.6 Å². The lowest BCUT2D eigenvalue weighted by Crippen LogP contribution is -2.41. The molecule has 0 bridgehead atoms. The third-order valence-corrected chi connectivity index (χ3v) is 3.79. The zero-order valence-electron chi connectivity index (χ0n) is 11.1. The van der Waals surface area contributed by atoms with Crippen molar-refractivity contribution < 1.29 is 9.53 Å².